The number of carbonyl (C=O) groups excluding carboxylic acids is 2. The molecule has 0 bridgehead atoms. The SMILES string of the molecule is O=C(NC1CC1)c1ccc(CN(Cc2ccco2)C(=O)C2CCCO2)cc1. The van der Waals surface area contributed by atoms with Crippen molar-refractivity contribution in [2.24, 2.45) is 0 Å². The third kappa shape index (κ3) is 4.57. The van der Waals surface area contributed by atoms with Crippen LogP contribution < -0.4 is 5.32 Å². The van der Waals surface area contributed by atoms with Crippen molar-refractivity contribution < 1.29 is 18.7 Å². The maximum Gasteiger partial charge on any atom is 0.252 e. The molecule has 1 aliphatic carbocycles. The average Bonchev–Trinajstić information content (AvgIpc) is 3.14. The van der Waals surface area contributed by atoms with Crippen LogP contribution in [0.25, 0.3) is 0 Å². The van der Waals surface area contributed by atoms with Crippen LogP contribution in [-0.2, 0) is 22.6 Å². The zero-order chi connectivity index (χ0) is 18.6. The van der Waals surface area contributed by atoms with E-state index in [1.165, 1.54) is 0 Å². The van der Waals surface area contributed by atoms with Crippen LogP contribution in [0.4, 0.5) is 0 Å². The lowest BCUT2D eigenvalue weighted by molar-refractivity contribution is -0.142. The molecule has 2 aromatic rings. The van der Waals surface area contributed by atoms with Crippen LogP contribution in [0.15, 0.2) is 47.1 Å². The highest BCUT2D eigenvalue weighted by Crippen LogP contribution is 2.21. The lowest BCUT2D eigenvalue weighted by Gasteiger charge is -2.24. The molecule has 2 fully saturated rings. The largest absolute Gasteiger partial charge is 0.467 e. The first-order valence-electron chi connectivity index (χ1n) is 9.51. The number of nitrogens with one attached hydrogen (secondary N) is 1. The monoisotopic (exact) mass is 368 g/mol. The normalized spacial score (nSPS) is 19.0. The van der Waals surface area contributed by atoms with E-state index in [9.17, 15) is 9.59 Å². The van der Waals surface area contributed by atoms with Crippen molar-refractivity contribution in [1.82, 2.24) is 10.2 Å². The van der Waals surface area contributed by atoms with Crippen molar-refractivity contribution in [3.8, 4) is 0 Å². The molecule has 142 valence electrons. The Balaban J connectivity index is 1.44. The van der Waals surface area contributed by atoms with Gasteiger partial charge in [0.2, 0.25) is 0 Å². The second-order valence-electron chi connectivity index (χ2n) is 7.22. The van der Waals surface area contributed by atoms with Crippen molar-refractivity contribution in [2.45, 2.75) is 50.9 Å². The molecule has 1 aromatic carbocycles. The Kier molecular flexibility index (Phi) is 5.25. The maximum atomic E-state index is 12.9. The van der Waals surface area contributed by atoms with Crippen molar-refractivity contribution in [3.05, 3.63) is 59.5 Å². The van der Waals surface area contributed by atoms with Gasteiger partial charge in [0, 0.05) is 24.8 Å². The van der Waals surface area contributed by atoms with Gasteiger partial charge in [-0.1, -0.05) is 12.1 Å². The Hall–Kier alpha value is -2.60. The molecule has 1 aliphatic heterocycles. The van der Waals surface area contributed by atoms with E-state index in [1.807, 2.05) is 36.4 Å². The number of carbonyl (C=O) groups is 2. The summed E-state index contributed by atoms with van der Waals surface area (Å²) in [5.41, 5.74) is 1.62. The number of hydrogen-bond donors (Lipinski definition) is 1. The Morgan fingerprint density at radius 2 is 1.89 bits per heavy atom. The first-order valence-corrected chi connectivity index (χ1v) is 9.51. The van der Waals surface area contributed by atoms with E-state index >= 15 is 0 Å². The molecule has 1 unspecified atom stereocenters. The fourth-order valence-corrected chi connectivity index (χ4v) is 3.26. The summed E-state index contributed by atoms with van der Waals surface area (Å²) in [4.78, 5) is 26.8. The highest BCUT2D eigenvalue weighted by Gasteiger charge is 2.29. The number of ether oxygens (including phenoxy) is 1. The van der Waals surface area contributed by atoms with Gasteiger partial charge in [0.05, 0.1) is 12.8 Å². The van der Waals surface area contributed by atoms with Crippen molar-refractivity contribution in [3.63, 3.8) is 0 Å². The van der Waals surface area contributed by atoms with E-state index in [0.29, 0.717) is 31.3 Å². The number of furan rings is 1. The molecule has 1 atom stereocenters. The molecule has 6 heteroatoms. The molecule has 2 aliphatic rings. The lowest BCUT2D eigenvalue weighted by Crippen LogP contribution is -2.38. The predicted molar refractivity (Wildman–Crippen MR) is 98.9 cm³/mol. The van der Waals surface area contributed by atoms with Gasteiger partial charge in [-0.15, -0.1) is 0 Å². The van der Waals surface area contributed by atoms with Gasteiger partial charge in [-0.2, -0.15) is 0 Å². The summed E-state index contributed by atoms with van der Waals surface area (Å²) in [6.07, 6.45) is 5.04. The summed E-state index contributed by atoms with van der Waals surface area (Å²) in [5, 5.41) is 2.98. The van der Waals surface area contributed by atoms with E-state index in [1.54, 1.807) is 11.2 Å². The van der Waals surface area contributed by atoms with Crippen LogP contribution in [0.1, 0.15) is 47.4 Å². The number of nitrogens with zero attached hydrogens (tertiary/aromatic N) is 1. The summed E-state index contributed by atoms with van der Waals surface area (Å²) in [6.45, 7) is 1.48. The van der Waals surface area contributed by atoms with E-state index < -0.39 is 0 Å². The molecule has 1 saturated heterocycles. The lowest BCUT2D eigenvalue weighted by atomic mass is 10.1. The van der Waals surface area contributed by atoms with E-state index in [4.69, 9.17) is 9.15 Å². The molecular formula is C21H24N2O4. The fraction of sp³-hybridized carbons (Fsp3) is 0.429. The molecule has 2 heterocycles. The third-order valence-electron chi connectivity index (χ3n) is 4.95. The van der Waals surface area contributed by atoms with Gasteiger partial charge >= 0.3 is 0 Å². The second-order valence-corrected chi connectivity index (χ2v) is 7.22. The minimum absolute atomic E-state index is 0.0144. The van der Waals surface area contributed by atoms with Crippen LogP contribution in [0.5, 0.6) is 0 Å². The summed E-state index contributed by atoms with van der Waals surface area (Å²) in [6, 6.07) is 11.5. The van der Waals surface area contributed by atoms with Crippen LogP contribution in [0.3, 0.4) is 0 Å². The van der Waals surface area contributed by atoms with Crippen LogP contribution in [0, 0.1) is 0 Å². The second kappa shape index (κ2) is 7.96. The molecule has 0 radical (unpaired) electrons. The molecule has 27 heavy (non-hydrogen) atoms. The van der Waals surface area contributed by atoms with Crippen molar-refractivity contribution in [2.75, 3.05) is 6.61 Å². The van der Waals surface area contributed by atoms with Gasteiger partial charge in [0.1, 0.15) is 11.9 Å². The van der Waals surface area contributed by atoms with Gasteiger partial charge in [0.15, 0.2) is 0 Å². The fourth-order valence-electron chi connectivity index (χ4n) is 3.26. The summed E-state index contributed by atoms with van der Waals surface area (Å²) in [7, 11) is 0. The quantitative estimate of drug-likeness (QED) is 0.816. The molecular weight excluding hydrogens is 344 g/mol. The number of benzene rings is 1. The smallest absolute Gasteiger partial charge is 0.252 e. The van der Waals surface area contributed by atoms with Gasteiger partial charge in [-0.05, 0) is 55.5 Å². The first kappa shape index (κ1) is 17.8. The number of amides is 2. The molecule has 1 saturated carbocycles. The van der Waals surface area contributed by atoms with E-state index in [-0.39, 0.29) is 17.9 Å². The van der Waals surface area contributed by atoms with Gasteiger partial charge in [-0.3, -0.25) is 9.59 Å². The first-order chi connectivity index (χ1) is 13.2. The van der Waals surface area contributed by atoms with Crippen molar-refractivity contribution in [1.29, 1.82) is 0 Å². The topological polar surface area (TPSA) is 71.8 Å². The predicted octanol–water partition coefficient (Wildman–Crippen LogP) is 2.88. The summed E-state index contributed by atoms with van der Waals surface area (Å²) in [5.74, 6) is 0.688. The minimum Gasteiger partial charge on any atom is -0.467 e. The molecule has 1 aromatic heterocycles. The van der Waals surface area contributed by atoms with Crippen molar-refractivity contribution >= 4 is 11.8 Å². The van der Waals surface area contributed by atoms with E-state index in [0.717, 1.165) is 37.0 Å². The van der Waals surface area contributed by atoms with Gasteiger partial charge in [-0.25, -0.2) is 0 Å². The zero-order valence-corrected chi connectivity index (χ0v) is 15.2. The molecule has 2 amide bonds. The average molecular weight is 368 g/mol. The number of hydrogen-bond acceptors (Lipinski definition) is 4. The zero-order valence-electron chi connectivity index (χ0n) is 15.2. The Bertz CT molecular complexity index is 775. The highest BCUT2D eigenvalue weighted by molar-refractivity contribution is 5.94. The third-order valence-corrected chi connectivity index (χ3v) is 4.95. The van der Waals surface area contributed by atoms with Gasteiger partial charge < -0.3 is 19.4 Å². The summed E-state index contributed by atoms with van der Waals surface area (Å²) >= 11 is 0. The van der Waals surface area contributed by atoms with Crippen LogP contribution in [-0.4, -0.2) is 35.5 Å². The highest BCUT2D eigenvalue weighted by atomic mass is 16.5. The summed E-state index contributed by atoms with van der Waals surface area (Å²) < 4.78 is 11.0. The van der Waals surface area contributed by atoms with Crippen LogP contribution >= 0.6 is 0 Å². The maximum absolute atomic E-state index is 12.9. The molecule has 0 spiro atoms. The number of rotatable bonds is 7. The Labute approximate surface area is 158 Å². The standard InChI is InChI=1S/C21H24N2O4/c24-20(22-17-9-10-17)16-7-5-15(6-8-16)13-23(14-18-3-1-11-26-18)21(25)19-4-2-12-27-19/h1,3,5-8,11,17,19H,2,4,9-10,12-14H2,(H,22,24). The Morgan fingerprint density at radius 3 is 2.52 bits per heavy atom. The van der Waals surface area contributed by atoms with Crippen LogP contribution in [0.2, 0.25) is 0 Å². The molecule has 1 N–H and O–H groups in total. The Morgan fingerprint density at radius 1 is 1.07 bits per heavy atom. The molecule has 4 rings (SSSR count). The minimum atomic E-state index is -0.372. The molecule has 6 nitrogen and oxygen atoms in total. The van der Waals surface area contributed by atoms with Gasteiger partial charge in [0.25, 0.3) is 11.8 Å². The van der Waals surface area contributed by atoms with E-state index in [2.05, 4.69) is 5.32 Å².